The Bertz CT molecular complexity index is 512. The van der Waals surface area contributed by atoms with Crippen LogP contribution in [0.2, 0.25) is 0 Å². The summed E-state index contributed by atoms with van der Waals surface area (Å²) >= 11 is 0. The van der Waals surface area contributed by atoms with Gasteiger partial charge in [0.1, 0.15) is 0 Å². The maximum Gasteiger partial charge on any atom is 0.273 e. The monoisotopic (exact) mass is 309 g/mol. The molecule has 7 nitrogen and oxygen atoms in total. The zero-order valence-electron chi connectivity index (χ0n) is 14.2. The molecule has 1 aromatic heterocycles. The van der Waals surface area contributed by atoms with Crippen LogP contribution in [0.1, 0.15) is 45.1 Å². The molecule has 1 aliphatic heterocycles. The fourth-order valence-electron chi connectivity index (χ4n) is 2.36. The number of rotatable bonds is 4. The lowest BCUT2D eigenvalue weighted by atomic mass is 10.0. The van der Waals surface area contributed by atoms with Gasteiger partial charge >= 0.3 is 0 Å². The average Bonchev–Trinajstić information content (AvgIpc) is 2.96. The third kappa shape index (κ3) is 4.04. The minimum atomic E-state index is -0.183. The first kappa shape index (κ1) is 16.9. The van der Waals surface area contributed by atoms with Gasteiger partial charge in [0.15, 0.2) is 5.69 Å². The van der Waals surface area contributed by atoms with Crippen molar-refractivity contribution in [3.05, 3.63) is 11.9 Å². The molecule has 1 amide bonds. The van der Waals surface area contributed by atoms with Gasteiger partial charge in [0.2, 0.25) is 0 Å². The Balaban J connectivity index is 1.93. The number of morpholine rings is 1. The molecule has 7 heteroatoms. The first-order valence-corrected chi connectivity index (χ1v) is 7.74. The maximum absolute atomic E-state index is 12.2. The topological polar surface area (TPSA) is 72.3 Å². The third-order valence-corrected chi connectivity index (χ3v) is 3.96. The van der Waals surface area contributed by atoms with Crippen molar-refractivity contribution in [2.24, 2.45) is 0 Å². The molecular weight excluding hydrogens is 282 g/mol. The molecule has 1 N–H and O–H groups in total. The second-order valence-electron chi connectivity index (χ2n) is 7.31. The Kier molecular flexibility index (Phi) is 4.87. The number of nitrogens with one attached hydrogen (secondary N) is 1. The van der Waals surface area contributed by atoms with E-state index in [-0.39, 0.29) is 17.0 Å². The van der Waals surface area contributed by atoms with Crippen LogP contribution in [0.25, 0.3) is 0 Å². The minimum Gasteiger partial charge on any atom is -0.379 e. The Morgan fingerprint density at radius 2 is 1.91 bits per heavy atom. The highest BCUT2D eigenvalue weighted by atomic mass is 16.5. The Morgan fingerprint density at radius 1 is 1.27 bits per heavy atom. The minimum absolute atomic E-state index is 0.112. The average molecular weight is 309 g/mol. The van der Waals surface area contributed by atoms with Gasteiger partial charge in [0, 0.05) is 25.2 Å². The molecule has 124 valence electrons. The Labute approximate surface area is 132 Å². The highest BCUT2D eigenvalue weighted by Crippen LogP contribution is 2.15. The summed E-state index contributed by atoms with van der Waals surface area (Å²) in [5, 5.41) is 10.9. The van der Waals surface area contributed by atoms with Gasteiger partial charge in [-0.25, -0.2) is 4.68 Å². The van der Waals surface area contributed by atoms with Gasteiger partial charge in [0.25, 0.3) is 5.91 Å². The van der Waals surface area contributed by atoms with Crippen LogP contribution in [0.5, 0.6) is 0 Å². The summed E-state index contributed by atoms with van der Waals surface area (Å²) in [4.78, 5) is 14.6. The molecule has 1 fully saturated rings. The molecule has 22 heavy (non-hydrogen) atoms. The standard InChI is InChI=1S/C15H27N5O2/c1-14(2,3)20-10-12(17-18-20)13(21)16-11-15(4,5)19-6-8-22-9-7-19/h10H,6-9,11H2,1-5H3,(H,16,21). The molecule has 0 saturated carbocycles. The highest BCUT2D eigenvalue weighted by molar-refractivity contribution is 5.91. The fraction of sp³-hybridized carbons (Fsp3) is 0.800. The van der Waals surface area contributed by atoms with Crippen molar-refractivity contribution in [2.45, 2.75) is 45.7 Å². The number of ether oxygens (including phenoxy) is 1. The Morgan fingerprint density at radius 3 is 2.45 bits per heavy atom. The summed E-state index contributed by atoms with van der Waals surface area (Å²) in [6.45, 7) is 14.2. The van der Waals surface area contributed by atoms with E-state index in [0.717, 1.165) is 26.3 Å². The summed E-state index contributed by atoms with van der Waals surface area (Å²) < 4.78 is 7.08. The highest BCUT2D eigenvalue weighted by Gasteiger charge is 2.29. The molecule has 0 radical (unpaired) electrons. The van der Waals surface area contributed by atoms with Crippen molar-refractivity contribution in [1.82, 2.24) is 25.2 Å². The van der Waals surface area contributed by atoms with Crippen LogP contribution < -0.4 is 5.32 Å². The first-order valence-electron chi connectivity index (χ1n) is 7.74. The second-order valence-corrected chi connectivity index (χ2v) is 7.31. The third-order valence-electron chi connectivity index (χ3n) is 3.96. The van der Waals surface area contributed by atoms with Gasteiger partial charge < -0.3 is 10.1 Å². The van der Waals surface area contributed by atoms with Gasteiger partial charge in [-0.1, -0.05) is 5.21 Å². The molecule has 1 aromatic rings. The first-order chi connectivity index (χ1) is 10.2. The zero-order valence-corrected chi connectivity index (χ0v) is 14.2. The predicted molar refractivity (Wildman–Crippen MR) is 83.8 cm³/mol. The molecule has 2 rings (SSSR count). The van der Waals surface area contributed by atoms with Crippen molar-refractivity contribution in [3.8, 4) is 0 Å². The number of hydrogen-bond donors (Lipinski definition) is 1. The van der Waals surface area contributed by atoms with Crippen LogP contribution in [0, 0.1) is 0 Å². The largest absolute Gasteiger partial charge is 0.379 e. The quantitative estimate of drug-likeness (QED) is 0.893. The summed E-state index contributed by atoms with van der Waals surface area (Å²) in [7, 11) is 0. The molecular formula is C15H27N5O2. The molecule has 0 unspecified atom stereocenters. The number of aromatic nitrogens is 3. The van der Waals surface area contributed by atoms with Crippen LogP contribution in [-0.2, 0) is 10.3 Å². The number of hydrogen-bond acceptors (Lipinski definition) is 5. The molecule has 0 aromatic carbocycles. The molecule has 1 aliphatic rings. The van der Waals surface area contributed by atoms with Gasteiger partial charge in [-0.15, -0.1) is 5.10 Å². The lowest BCUT2D eigenvalue weighted by molar-refractivity contribution is -0.00924. The molecule has 1 saturated heterocycles. The van der Waals surface area contributed by atoms with Gasteiger partial charge in [-0.05, 0) is 34.6 Å². The van der Waals surface area contributed by atoms with Crippen molar-refractivity contribution < 1.29 is 9.53 Å². The number of nitrogens with zero attached hydrogens (tertiary/aromatic N) is 4. The molecule has 0 bridgehead atoms. The van der Waals surface area contributed by atoms with Crippen molar-refractivity contribution >= 4 is 5.91 Å². The Hall–Kier alpha value is -1.47. The van der Waals surface area contributed by atoms with E-state index >= 15 is 0 Å². The maximum atomic E-state index is 12.2. The van der Waals surface area contributed by atoms with E-state index in [1.807, 2.05) is 20.8 Å². The van der Waals surface area contributed by atoms with E-state index in [9.17, 15) is 4.79 Å². The van der Waals surface area contributed by atoms with E-state index in [2.05, 4.69) is 34.4 Å². The van der Waals surface area contributed by atoms with Crippen LogP contribution in [0.15, 0.2) is 6.20 Å². The van der Waals surface area contributed by atoms with Crippen LogP contribution >= 0.6 is 0 Å². The van der Waals surface area contributed by atoms with Gasteiger partial charge in [-0.2, -0.15) is 0 Å². The summed E-state index contributed by atoms with van der Waals surface area (Å²) in [6.07, 6.45) is 1.69. The summed E-state index contributed by atoms with van der Waals surface area (Å²) in [6, 6.07) is 0. The van der Waals surface area contributed by atoms with E-state index in [1.165, 1.54) is 0 Å². The number of carbonyl (C=O) groups is 1. The zero-order chi connectivity index (χ0) is 16.4. The lowest BCUT2D eigenvalue weighted by Gasteiger charge is -2.40. The molecule has 0 spiro atoms. The fourth-order valence-corrected chi connectivity index (χ4v) is 2.36. The molecule has 0 aliphatic carbocycles. The van der Waals surface area contributed by atoms with Crippen LogP contribution in [0.4, 0.5) is 0 Å². The van der Waals surface area contributed by atoms with Crippen molar-refractivity contribution in [3.63, 3.8) is 0 Å². The summed E-state index contributed by atoms with van der Waals surface area (Å²) in [5.74, 6) is -0.183. The normalized spacial score (nSPS) is 17.5. The van der Waals surface area contributed by atoms with E-state index in [0.29, 0.717) is 12.2 Å². The molecule has 2 heterocycles. The smallest absolute Gasteiger partial charge is 0.273 e. The number of carbonyl (C=O) groups excluding carboxylic acids is 1. The lowest BCUT2D eigenvalue weighted by Crippen LogP contribution is -2.55. The van der Waals surface area contributed by atoms with Crippen LogP contribution in [-0.4, -0.2) is 64.2 Å². The predicted octanol–water partition coefficient (Wildman–Crippen LogP) is 0.874. The van der Waals surface area contributed by atoms with Gasteiger partial charge in [0.05, 0.1) is 24.9 Å². The van der Waals surface area contributed by atoms with Crippen molar-refractivity contribution in [2.75, 3.05) is 32.8 Å². The molecule has 0 atom stereocenters. The van der Waals surface area contributed by atoms with Crippen molar-refractivity contribution in [1.29, 1.82) is 0 Å². The van der Waals surface area contributed by atoms with Gasteiger partial charge in [-0.3, -0.25) is 9.69 Å². The summed E-state index contributed by atoms with van der Waals surface area (Å²) in [5.41, 5.74) is 0.0608. The van der Waals surface area contributed by atoms with E-state index < -0.39 is 0 Å². The number of amides is 1. The van der Waals surface area contributed by atoms with E-state index in [4.69, 9.17) is 4.74 Å². The van der Waals surface area contributed by atoms with Crippen LogP contribution in [0.3, 0.4) is 0 Å². The van der Waals surface area contributed by atoms with E-state index in [1.54, 1.807) is 10.9 Å². The SMILES string of the molecule is CC(C)(CNC(=O)c1cn(C(C)(C)C)nn1)N1CCOCC1. The second kappa shape index (κ2) is 6.34.